The number of piperazine rings is 1. The van der Waals surface area contributed by atoms with Crippen molar-refractivity contribution < 1.29 is 13.2 Å². The summed E-state index contributed by atoms with van der Waals surface area (Å²) in [6.45, 7) is 2.67. The van der Waals surface area contributed by atoms with Crippen molar-refractivity contribution in [3.63, 3.8) is 0 Å². The molecule has 1 amide bonds. The molecule has 0 aliphatic carbocycles. The number of rotatable bonds is 4. The Balaban J connectivity index is 1.79. The molecular weight excluding hydrogens is 346 g/mol. The minimum absolute atomic E-state index is 0.0214. The Morgan fingerprint density at radius 2 is 2.12 bits per heavy atom. The number of thioether (sulfide) groups is 1. The Morgan fingerprint density at radius 1 is 1.29 bits per heavy atom. The van der Waals surface area contributed by atoms with Gasteiger partial charge in [-0.1, -0.05) is 6.07 Å². The molecule has 2 aliphatic rings. The van der Waals surface area contributed by atoms with Crippen LogP contribution in [-0.4, -0.2) is 68.6 Å². The molecular formula is C16H23N3O3S2. The maximum atomic E-state index is 13.0. The maximum Gasteiger partial charge on any atom is 0.243 e. The maximum absolute atomic E-state index is 13.0. The molecule has 1 N–H and O–H groups in total. The molecule has 2 saturated heterocycles. The number of amides is 1. The third-order valence-electron chi connectivity index (χ3n) is 4.61. The van der Waals surface area contributed by atoms with Gasteiger partial charge in [-0.2, -0.15) is 4.31 Å². The van der Waals surface area contributed by atoms with Crippen molar-refractivity contribution in [3.8, 4) is 0 Å². The summed E-state index contributed by atoms with van der Waals surface area (Å²) in [6.07, 6.45) is 3.57. The van der Waals surface area contributed by atoms with E-state index in [1.165, 1.54) is 16.1 Å². The summed E-state index contributed by atoms with van der Waals surface area (Å²) in [6, 6.07) is 7.03. The lowest BCUT2D eigenvalue weighted by Crippen LogP contribution is -2.57. The van der Waals surface area contributed by atoms with Crippen LogP contribution >= 0.6 is 11.8 Å². The van der Waals surface area contributed by atoms with E-state index >= 15 is 0 Å². The van der Waals surface area contributed by atoms with Crippen LogP contribution in [0.5, 0.6) is 0 Å². The van der Waals surface area contributed by atoms with E-state index in [-0.39, 0.29) is 11.9 Å². The first-order chi connectivity index (χ1) is 11.5. The summed E-state index contributed by atoms with van der Waals surface area (Å²) in [5.41, 5.74) is 0. The quantitative estimate of drug-likeness (QED) is 0.802. The summed E-state index contributed by atoms with van der Waals surface area (Å²) in [4.78, 5) is 15.2. The van der Waals surface area contributed by atoms with Gasteiger partial charge in [0.2, 0.25) is 15.9 Å². The van der Waals surface area contributed by atoms with Gasteiger partial charge in [0, 0.05) is 37.1 Å². The molecule has 1 unspecified atom stereocenters. The van der Waals surface area contributed by atoms with Crippen LogP contribution in [0.4, 0.5) is 0 Å². The molecule has 1 aromatic carbocycles. The summed E-state index contributed by atoms with van der Waals surface area (Å²) >= 11 is 1.53. The van der Waals surface area contributed by atoms with Crippen LogP contribution in [0.25, 0.3) is 0 Å². The zero-order valence-electron chi connectivity index (χ0n) is 13.8. The Labute approximate surface area is 147 Å². The summed E-state index contributed by atoms with van der Waals surface area (Å²) < 4.78 is 27.5. The standard InChI is InChI=1S/C16H23N3O3S2/c1-23-14-5-2-6-15(10-14)24(21,22)18-8-3-4-13(12-18)19-9-7-17-11-16(19)20/h2,5-6,10,13,17H,3-4,7-9,11-12H2,1H3. The van der Waals surface area contributed by atoms with E-state index in [1.807, 2.05) is 17.2 Å². The predicted molar refractivity (Wildman–Crippen MR) is 94.6 cm³/mol. The highest BCUT2D eigenvalue weighted by Crippen LogP contribution is 2.26. The number of nitrogens with one attached hydrogen (secondary N) is 1. The van der Waals surface area contributed by atoms with Crippen molar-refractivity contribution in [3.05, 3.63) is 24.3 Å². The summed E-state index contributed by atoms with van der Waals surface area (Å²) in [5, 5.41) is 3.06. The number of hydrogen-bond acceptors (Lipinski definition) is 5. The minimum Gasteiger partial charge on any atom is -0.336 e. The second kappa shape index (κ2) is 7.43. The first-order valence-corrected chi connectivity index (χ1v) is 10.8. The second-order valence-electron chi connectivity index (χ2n) is 6.10. The van der Waals surface area contributed by atoms with E-state index in [9.17, 15) is 13.2 Å². The number of sulfonamides is 1. The molecule has 132 valence electrons. The van der Waals surface area contributed by atoms with Crippen LogP contribution in [0.2, 0.25) is 0 Å². The first kappa shape index (κ1) is 17.7. The number of nitrogens with zero attached hydrogens (tertiary/aromatic N) is 2. The minimum atomic E-state index is -3.52. The zero-order chi connectivity index (χ0) is 17.2. The van der Waals surface area contributed by atoms with Crippen LogP contribution in [0, 0.1) is 0 Å². The fourth-order valence-corrected chi connectivity index (χ4v) is 5.41. The molecule has 2 fully saturated rings. The second-order valence-corrected chi connectivity index (χ2v) is 8.92. The molecule has 0 saturated carbocycles. The van der Waals surface area contributed by atoms with Gasteiger partial charge in [-0.05, 0) is 37.3 Å². The average molecular weight is 370 g/mol. The molecule has 8 heteroatoms. The van der Waals surface area contributed by atoms with Crippen molar-refractivity contribution in [2.45, 2.75) is 28.7 Å². The first-order valence-electron chi connectivity index (χ1n) is 8.17. The summed E-state index contributed by atoms with van der Waals surface area (Å²) in [5.74, 6) is 0.0647. The van der Waals surface area contributed by atoms with Crippen LogP contribution < -0.4 is 5.32 Å². The van der Waals surface area contributed by atoms with Gasteiger partial charge in [-0.25, -0.2) is 8.42 Å². The highest BCUT2D eigenvalue weighted by molar-refractivity contribution is 7.98. The molecule has 0 spiro atoms. The molecule has 2 heterocycles. The van der Waals surface area contributed by atoms with E-state index in [0.29, 0.717) is 31.1 Å². The lowest BCUT2D eigenvalue weighted by Gasteiger charge is -2.40. The van der Waals surface area contributed by atoms with Gasteiger partial charge >= 0.3 is 0 Å². The molecule has 1 atom stereocenters. The third kappa shape index (κ3) is 3.61. The predicted octanol–water partition coefficient (Wildman–Crippen LogP) is 0.993. The smallest absolute Gasteiger partial charge is 0.243 e. The molecule has 1 aromatic rings. The van der Waals surface area contributed by atoms with Crippen LogP contribution in [0.1, 0.15) is 12.8 Å². The third-order valence-corrected chi connectivity index (χ3v) is 7.19. The van der Waals surface area contributed by atoms with Gasteiger partial charge in [0.15, 0.2) is 0 Å². The SMILES string of the molecule is CSc1cccc(S(=O)(=O)N2CCCC(N3CCNCC3=O)C2)c1. The van der Waals surface area contributed by atoms with Gasteiger partial charge in [0.25, 0.3) is 0 Å². The van der Waals surface area contributed by atoms with Crippen molar-refractivity contribution in [2.75, 3.05) is 39.0 Å². The fourth-order valence-electron chi connectivity index (χ4n) is 3.31. The molecule has 0 radical (unpaired) electrons. The van der Waals surface area contributed by atoms with Crippen LogP contribution in [0.15, 0.2) is 34.1 Å². The van der Waals surface area contributed by atoms with Crippen LogP contribution in [-0.2, 0) is 14.8 Å². The van der Waals surface area contributed by atoms with Gasteiger partial charge in [0.1, 0.15) is 0 Å². The van der Waals surface area contributed by atoms with Gasteiger partial charge in [-0.15, -0.1) is 11.8 Å². The fraction of sp³-hybridized carbons (Fsp3) is 0.562. The summed E-state index contributed by atoms with van der Waals surface area (Å²) in [7, 11) is -3.52. The normalized spacial score (nSPS) is 23.5. The van der Waals surface area contributed by atoms with E-state index in [0.717, 1.165) is 24.3 Å². The number of benzene rings is 1. The lowest BCUT2D eigenvalue weighted by molar-refractivity contribution is -0.135. The van der Waals surface area contributed by atoms with Crippen LogP contribution in [0.3, 0.4) is 0 Å². The highest BCUT2D eigenvalue weighted by atomic mass is 32.2. The van der Waals surface area contributed by atoms with Crippen molar-refractivity contribution in [1.82, 2.24) is 14.5 Å². The molecule has 0 bridgehead atoms. The van der Waals surface area contributed by atoms with E-state index in [4.69, 9.17) is 0 Å². The van der Waals surface area contributed by atoms with Gasteiger partial charge < -0.3 is 10.2 Å². The number of carbonyl (C=O) groups is 1. The Bertz CT molecular complexity index is 708. The average Bonchev–Trinajstić information content (AvgIpc) is 2.62. The van der Waals surface area contributed by atoms with E-state index in [1.54, 1.807) is 18.2 Å². The van der Waals surface area contributed by atoms with E-state index < -0.39 is 10.0 Å². The monoisotopic (exact) mass is 369 g/mol. The highest BCUT2D eigenvalue weighted by Gasteiger charge is 2.35. The molecule has 0 aromatic heterocycles. The Hall–Kier alpha value is -1.09. The number of hydrogen-bond donors (Lipinski definition) is 1. The number of piperidine rings is 1. The molecule has 24 heavy (non-hydrogen) atoms. The molecule has 3 rings (SSSR count). The number of carbonyl (C=O) groups excluding carboxylic acids is 1. The van der Waals surface area contributed by atoms with Gasteiger partial charge in [0.05, 0.1) is 11.4 Å². The van der Waals surface area contributed by atoms with Crippen molar-refractivity contribution in [2.24, 2.45) is 0 Å². The van der Waals surface area contributed by atoms with E-state index in [2.05, 4.69) is 5.32 Å². The van der Waals surface area contributed by atoms with Crippen molar-refractivity contribution >= 4 is 27.7 Å². The molecule has 6 nitrogen and oxygen atoms in total. The Kier molecular flexibility index (Phi) is 5.49. The zero-order valence-corrected chi connectivity index (χ0v) is 15.4. The lowest BCUT2D eigenvalue weighted by atomic mass is 10.1. The largest absolute Gasteiger partial charge is 0.336 e. The topological polar surface area (TPSA) is 69.7 Å². The van der Waals surface area contributed by atoms with Crippen molar-refractivity contribution in [1.29, 1.82) is 0 Å². The van der Waals surface area contributed by atoms with Gasteiger partial charge in [-0.3, -0.25) is 4.79 Å². The Morgan fingerprint density at radius 3 is 2.88 bits per heavy atom. The molecule has 2 aliphatic heterocycles.